The smallest absolute Gasteiger partial charge is 0.264 e. The monoisotopic (exact) mass is 211 g/mol. The van der Waals surface area contributed by atoms with Gasteiger partial charge >= 0.3 is 0 Å². The number of nitrogens with two attached hydrogens (primary N) is 1. The van der Waals surface area contributed by atoms with Crippen LogP contribution in [0.15, 0.2) is 24.7 Å². The van der Waals surface area contributed by atoms with Crippen molar-refractivity contribution in [2.24, 2.45) is 5.14 Å². The van der Waals surface area contributed by atoms with E-state index in [2.05, 4.69) is 4.98 Å². The molecule has 0 bridgehead atoms. The third kappa shape index (κ3) is 1.61. The highest BCUT2D eigenvalue weighted by Gasteiger charge is 2.17. The van der Waals surface area contributed by atoms with Gasteiger partial charge < -0.3 is 0 Å². The Bertz CT molecular complexity index is 481. The van der Waals surface area contributed by atoms with E-state index in [1.807, 2.05) is 6.07 Å². The van der Waals surface area contributed by atoms with Crippen LogP contribution in [0.2, 0.25) is 0 Å². The lowest BCUT2D eigenvalue weighted by atomic mass is 10.1. The third-order valence-electron chi connectivity index (χ3n) is 2.01. The zero-order chi connectivity index (χ0) is 10.2. The van der Waals surface area contributed by atoms with E-state index in [4.69, 9.17) is 5.14 Å². The minimum absolute atomic E-state index is 0.249. The standard InChI is InChI=1S/C8H9N3O2S/c9-14(12,13)11-4-2-7-1-3-10-5-8(7)6-11/h1-5H,6H2,(H2,9,12,13). The van der Waals surface area contributed by atoms with Gasteiger partial charge in [-0.05, 0) is 23.3 Å². The van der Waals surface area contributed by atoms with Crippen molar-refractivity contribution in [3.63, 3.8) is 0 Å². The van der Waals surface area contributed by atoms with Crippen LogP contribution in [0.25, 0.3) is 6.08 Å². The minimum Gasteiger partial charge on any atom is -0.264 e. The minimum atomic E-state index is -3.65. The maximum absolute atomic E-state index is 11.0. The molecule has 0 saturated carbocycles. The summed E-state index contributed by atoms with van der Waals surface area (Å²) in [6.07, 6.45) is 6.45. The lowest BCUT2D eigenvalue weighted by Gasteiger charge is -2.21. The van der Waals surface area contributed by atoms with Crippen molar-refractivity contribution in [1.29, 1.82) is 0 Å². The number of rotatable bonds is 1. The summed E-state index contributed by atoms with van der Waals surface area (Å²) in [6, 6.07) is 1.83. The van der Waals surface area contributed by atoms with Crippen LogP contribution < -0.4 is 5.14 Å². The molecule has 2 rings (SSSR count). The first-order valence-electron chi connectivity index (χ1n) is 3.98. The lowest BCUT2D eigenvalue weighted by Crippen LogP contribution is -2.33. The molecule has 0 fully saturated rings. The molecule has 1 aliphatic heterocycles. The average Bonchev–Trinajstić information content (AvgIpc) is 2.16. The van der Waals surface area contributed by atoms with Crippen LogP contribution in [0.5, 0.6) is 0 Å². The quantitative estimate of drug-likeness (QED) is 0.714. The van der Waals surface area contributed by atoms with E-state index in [-0.39, 0.29) is 6.54 Å². The van der Waals surface area contributed by atoms with Gasteiger partial charge in [0.2, 0.25) is 0 Å². The molecule has 1 aliphatic rings. The first-order chi connectivity index (χ1) is 6.57. The number of fused-ring (bicyclic) bond motifs is 1. The fourth-order valence-corrected chi connectivity index (χ4v) is 1.84. The van der Waals surface area contributed by atoms with Crippen LogP contribution >= 0.6 is 0 Å². The summed E-state index contributed by atoms with van der Waals surface area (Å²) < 4.78 is 23.1. The molecule has 2 heterocycles. The van der Waals surface area contributed by atoms with E-state index in [0.29, 0.717) is 0 Å². The fourth-order valence-electron chi connectivity index (χ4n) is 1.29. The van der Waals surface area contributed by atoms with E-state index in [1.54, 1.807) is 18.5 Å². The Morgan fingerprint density at radius 1 is 1.50 bits per heavy atom. The number of aromatic nitrogens is 1. The van der Waals surface area contributed by atoms with Crippen molar-refractivity contribution in [2.75, 3.05) is 0 Å². The first-order valence-corrected chi connectivity index (χ1v) is 5.48. The molecular weight excluding hydrogens is 202 g/mol. The van der Waals surface area contributed by atoms with Crippen LogP contribution in [0, 0.1) is 0 Å². The summed E-state index contributed by atoms with van der Waals surface area (Å²) in [5.41, 5.74) is 1.82. The molecule has 2 N–H and O–H groups in total. The third-order valence-corrected chi connectivity index (χ3v) is 2.92. The van der Waals surface area contributed by atoms with E-state index in [9.17, 15) is 8.42 Å². The van der Waals surface area contributed by atoms with Crippen LogP contribution in [0.1, 0.15) is 11.1 Å². The molecule has 5 nitrogen and oxygen atoms in total. The lowest BCUT2D eigenvalue weighted by molar-refractivity contribution is 0.494. The predicted octanol–water partition coefficient (Wildman–Crippen LogP) is 0.0714. The van der Waals surface area contributed by atoms with E-state index >= 15 is 0 Å². The normalized spacial score (nSPS) is 15.4. The molecule has 74 valence electrons. The maximum atomic E-state index is 11.0. The van der Waals surface area contributed by atoms with Crippen LogP contribution in [-0.4, -0.2) is 17.7 Å². The molecule has 14 heavy (non-hydrogen) atoms. The number of hydrogen-bond donors (Lipinski definition) is 1. The van der Waals surface area contributed by atoms with Crippen molar-refractivity contribution < 1.29 is 8.42 Å². The summed E-state index contributed by atoms with van der Waals surface area (Å²) in [5.74, 6) is 0. The summed E-state index contributed by atoms with van der Waals surface area (Å²) in [7, 11) is -3.65. The number of nitrogens with zero attached hydrogens (tertiary/aromatic N) is 2. The van der Waals surface area contributed by atoms with Crippen LogP contribution in [-0.2, 0) is 16.8 Å². The molecule has 0 amide bonds. The molecule has 0 atom stereocenters. The van der Waals surface area contributed by atoms with Crippen molar-refractivity contribution in [3.8, 4) is 0 Å². The van der Waals surface area contributed by atoms with Gasteiger partial charge in [0.25, 0.3) is 10.2 Å². The zero-order valence-corrected chi connectivity index (χ0v) is 8.11. The van der Waals surface area contributed by atoms with Gasteiger partial charge in [0.05, 0.1) is 6.54 Å². The highest BCUT2D eigenvalue weighted by Crippen LogP contribution is 2.19. The second kappa shape index (κ2) is 3.07. The Morgan fingerprint density at radius 3 is 3.00 bits per heavy atom. The van der Waals surface area contributed by atoms with E-state index < -0.39 is 10.2 Å². The molecule has 1 aromatic rings. The predicted molar refractivity (Wildman–Crippen MR) is 51.9 cm³/mol. The molecule has 0 saturated heterocycles. The molecular formula is C8H9N3O2S. The molecule has 0 aromatic carbocycles. The first kappa shape index (κ1) is 9.17. The van der Waals surface area contributed by atoms with Crippen LogP contribution in [0.3, 0.4) is 0 Å². The summed E-state index contributed by atoms with van der Waals surface area (Å²) >= 11 is 0. The van der Waals surface area contributed by atoms with Gasteiger partial charge in [-0.1, -0.05) is 0 Å². The molecule has 0 aliphatic carbocycles. The molecule has 1 aromatic heterocycles. The van der Waals surface area contributed by atoms with Gasteiger partial charge in [0.1, 0.15) is 0 Å². The fraction of sp³-hybridized carbons (Fsp3) is 0.125. The Morgan fingerprint density at radius 2 is 2.29 bits per heavy atom. The van der Waals surface area contributed by atoms with E-state index in [1.165, 1.54) is 6.20 Å². The largest absolute Gasteiger partial charge is 0.298 e. The second-order valence-corrected chi connectivity index (χ2v) is 4.48. The van der Waals surface area contributed by atoms with Gasteiger partial charge in [0.15, 0.2) is 0 Å². The van der Waals surface area contributed by atoms with Gasteiger partial charge in [-0.3, -0.25) is 9.29 Å². The summed E-state index contributed by atoms with van der Waals surface area (Å²) in [6.45, 7) is 0.249. The van der Waals surface area contributed by atoms with Crippen molar-refractivity contribution >= 4 is 16.3 Å². The van der Waals surface area contributed by atoms with Crippen molar-refractivity contribution in [1.82, 2.24) is 9.29 Å². The molecule has 6 heteroatoms. The van der Waals surface area contributed by atoms with Gasteiger partial charge in [0, 0.05) is 18.6 Å². The van der Waals surface area contributed by atoms with Gasteiger partial charge in [-0.2, -0.15) is 8.42 Å². The van der Waals surface area contributed by atoms with Crippen LogP contribution in [0.4, 0.5) is 0 Å². The highest BCUT2D eigenvalue weighted by atomic mass is 32.2. The number of pyridine rings is 1. The zero-order valence-electron chi connectivity index (χ0n) is 7.29. The highest BCUT2D eigenvalue weighted by molar-refractivity contribution is 7.86. The second-order valence-electron chi connectivity index (χ2n) is 2.98. The van der Waals surface area contributed by atoms with E-state index in [0.717, 1.165) is 15.4 Å². The molecule has 0 radical (unpaired) electrons. The SMILES string of the molecule is NS(=O)(=O)N1C=Cc2ccncc2C1. The number of hydrogen-bond acceptors (Lipinski definition) is 3. The Kier molecular flexibility index (Phi) is 2.01. The molecule has 0 spiro atoms. The van der Waals surface area contributed by atoms with Gasteiger partial charge in [-0.15, -0.1) is 0 Å². The Balaban J connectivity index is 2.40. The van der Waals surface area contributed by atoms with Crippen molar-refractivity contribution in [2.45, 2.75) is 6.54 Å². The summed E-state index contributed by atoms with van der Waals surface area (Å²) in [5, 5.41) is 4.99. The van der Waals surface area contributed by atoms with Crippen molar-refractivity contribution in [3.05, 3.63) is 35.8 Å². The summed E-state index contributed by atoms with van der Waals surface area (Å²) in [4.78, 5) is 3.92. The van der Waals surface area contributed by atoms with Gasteiger partial charge in [-0.25, -0.2) is 5.14 Å². The maximum Gasteiger partial charge on any atom is 0.298 e. The average molecular weight is 211 g/mol. The topological polar surface area (TPSA) is 76.3 Å². The Hall–Kier alpha value is -1.40. The Labute approximate surface area is 82.0 Å². The molecule has 0 unspecified atom stereocenters.